The van der Waals surface area contributed by atoms with Crippen LogP contribution in [0.15, 0.2) is 61.2 Å². The van der Waals surface area contributed by atoms with Crippen LogP contribution in [0.1, 0.15) is 31.9 Å². The monoisotopic (exact) mass is 447 g/mol. The van der Waals surface area contributed by atoms with Crippen LogP contribution < -0.4 is 0 Å². The number of benzene rings is 2. The third-order valence-corrected chi connectivity index (χ3v) is 5.66. The Morgan fingerprint density at radius 1 is 1.12 bits per heavy atom. The van der Waals surface area contributed by atoms with Gasteiger partial charge in [0.15, 0.2) is 0 Å². The molecule has 2 heterocycles. The molecule has 0 radical (unpaired) electrons. The molecule has 0 spiro atoms. The average Bonchev–Trinajstić information content (AvgIpc) is 3.28. The van der Waals surface area contributed by atoms with E-state index in [1.54, 1.807) is 12.5 Å². The number of imidazole rings is 1. The van der Waals surface area contributed by atoms with Crippen LogP contribution in [0.2, 0.25) is 5.02 Å². The topological polar surface area (TPSA) is 57.0 Å². The quantitative estimate of drug-likeness (QED) is 0.343. The number of halogens is 1. The van der Waals surface area contributed by atoms with E-state index in [4.69, 9.17) is 21.3 Å². The molecule has 32 heavy (non-hydrogen) atoms. The maximum atomic E-state index is 12.2. The summed E-state index contributed by atoms with van der Waals surface area (Å²) in [5.41, 5.74) is 4.76. The Balaban J connectivity index is 1.80. The van der Waals surface area contributed by atoms with E-state index in [0.717, 1.165) is 39.0 Å². The summed E-state index contributed by atoms with van der Waals surface area (Å²) in [6, 6.07) is 14.0. The van der Waals surface area contributed by atoms with E-state index in [0.29, 0.717) is 18.1 Å². The van der Waals surface area contributed by atoms with Crippen LogP contribution in [0.25, 0.3) is 27.8 Å². The standard InChI is InChI=1S/C26H26ClN3O2/c1-17-15-22-21(9-10-23(29-22)30-13-12-28-16-30)24(18-5-7-19(27)8-6-18)20(17)11-14-32-25(31)26(2,3)4/h5-10,12-13,15-16H,11,14H2,1-4H3. The Labute approximate surface area is 193 Å². The molecule has 0 aliphatic heterocycles. The van der Waals surface area contributed by atoms with E-state index < -0.39 is 5.41 Å². The second kappa shape index (κ2) is 8.75. The fraction of sp³-hybridized carbons (Fsp3) is 0.269. The highest BCUT2D eigenvalue weighted by Crippen LogP contribution is 2.35. The second-order valence-corrected chi connectivity index (χ2v) is 9.33. The maximum Gasteiger partial charge on any atom is 0.311 e. The zero-order valence-corrected chi connectivity index (χ0v) is 19.5. The van der Waals surface area contributed by atoms with Gasteiger partial charge < -0.3 is 4.74 Å². The molecule has 164 valence electrons. The predicted molar refractivity (Wildman–Crippen MR) is 128 cm³/mol. The largest absolute Gasteiger partial charge is 0.465 e. The number of aromatic nitrogens is 3. The highest BCUT2D eigenvalue weighted by molar-refractivity contribution is 6.30. The number of hydrogen-bond acceptors (Lipinski definition) is 4. The molecular weight excluding hydrogens is 422 g/mol. The molecule has 0 bridgehead atoms. The normalized spacial score (nSPS) is 11.7. The predicted octanol–water partition coefficient (Wildman–Crippen LogP) is 6.18. The van der Waals surface area contributed by atoms with Crippen molar-refractivity contribution >= 4 is 28.5 Å². The van der Waals surface area contributed by atoms with Gasteiger partial charge in [-0.15, -0.1) is 0 Å². The Morgan fingerprint density at radius 3 is 2.53 bits per heavy atom. The number of esters is 1. The fourth-order valence-electron chi connectivity index (χ4n) is 3.71. The van der Waals surface area contributed by atoms with Crippen molar-refractivity contribution in [2.75, 3.05) is 6.61 Å². The first kappa shape index (κ1) is 22.0. The molecule has 6 heteroatoms. The molecule has 2 aromatic heterocycles. The van der Waals surface area contributed by atoms with Crippen molar-refractivity contribution in [3.8, 4) is 16.9 Å². The first-order valence-corrected chi connectivity index (χ1v) is 11.0. The van der Waals surface area contributed by atoms with Gasteiger partial charge in [0.2, 0.25) is 0 Å². The number of aryl methyl sites for hydroxylation is 1. The molecule has 5 nitrogen and oxygen atoms in total. The van der Waals surface area contributed by atoms with Crippen LogP contribution in [-0.2, 0) is 16.0 Å². The van der Waals surface area contributed by atoms with Gasteiger partial charge in [-0.2, -0.15) is 0 Å². The summed E-state index contributed by atoms with van der Waals surface area (Å²) in [6.07, 6.45) is 5.96. The molecule has 0 aliphatic rings. The van der Waals surface area contributed by atoms with E-state index in [9.17, 15) is 4.79 Å². The van der Waals surface area contributed by atoms with E-state index >= 15 is 0 Å². The number of ether oxygens (including phenoxy) is 1. The number of pyridine rings is 1. The number of nitrogens with zero attached hydrogens (tertiary/aromatic N) is 3. The lowest BCUT2D eigenvalue weighted by Crippen LogP contribution is -2.24. The smallest absolute Gasteiger partial charge is 0.311 e. The fourth-order valence-corrected chi connectivity index (χ4v) is 3.83. The van der Waals surface area contributed by atoms with Crippen LogP contribution in [0, 0.1) is 12.3 Å². The van der Waals surface area contributed by atoms with Crippen molar-refractivity contribution in [1.29, 1.82) is 0 Å². The Bertz CT molecular complexity index is 1260. The summed E-state index contributed by atoms with van der Waals surface area (Å²) < 4.78 is 7.46. The summed E-state index contributed by atoms with van der Waals surface area (Å²) >= 11 is 6.15. The highest BCUT2D eigenvalue weighted by atomic mass is 35.5. The molecule has 0 fully saturated rings. The molecule has 0 atom stereocenters. The van der Waals surface area contributed by atoms with Gasteiger partial charge in [-0.3, -0.25) is 9.36 Å². The zero-order chi connectivity index (χ0) is 22.9. The molecule has 2 aromatic carbocycles. The van der Waals surface area contributed by atoms with Gasteiger partial charge >= 0.3 is 5.97 Å². The van der Waals surface area contributed by atoms with E-state index in [-0.39, 0.29) is 5.97 Å². The van der Waals surface area contributed by atoms with Gasteiger partial charge in [0.1, 0.15) is 12.1 Å². The molecule has 0 aliphatic carbocycles. The van der Waals surface area contributed by atoms with Gasteiger partial charge in [0, 0.05) is 29.2 Å². The number of hydrogen-bond donors (Lipinski definition) is 0. The molecule has 0 N–H and O–H groups in total. The van der Waals surface area contributed by atoms with Crippen molar-refractivity contribution < 1.29 is 9.53 Å². The number of carbonyl (C=O) groups excluding carboxylic acids is 1. The van der Waals surface area contributed by atoms with Crippen molar-refractivity contribution in [2.45, 2.75) is 34.1 Å². The minimum atomic E-state index is -0.523. The Morgan fingerprint density at radius 2 is 1.88 bits per heavy atom. The number of carbonyl (C=O) groups is 1. The summed E-state index contributed by atoms with van der Waals surface area (Å²) in [4.78, 5) is 21.2. The van der Waals surface area contributed by atoms with Crippen molar-refractivity contribution in [2.24, 2.45) is 5.41 Å². The summed E-state index contributed by atoms with van der Waals surface area (Å²) in [6.45, 7) is 7.98. The van der Waals surface area contributed by atoms with Crippen LogP contribution in [0.5, 0.6) is 0 Å². The first-order valence-electron chi connectivity index (χ1n) is 10.6. The van der Waals surface area contributed by atoms with Gasteiger partial charge in [0.25, 0.3) is 0 Å². The molecule has 4 rings (SSSR count). The summed E-state index contributed by atoms with van der Waals surface area (Å²) in [5, 5.41) is 1.73. The summed E-state index contributed by atoms with van der Waals surface area (Å²) in [7, 11) is 0. The first-order chi connectivity index (χ1) is 15.2. The molecule has 0 amide bonds. The third kappa shape index (κ3) is 4.53. The van der Waals surface area contributed by atoms with Crippen LogP contribution >= 0.6 is 11.6 Å². The number of fused-ring (bicyclic) bond motifs is 1. The van der Waals surface area contributed by atoms with Crippen LogP contribution in [-0.4, -0.2) is 27.1 Å². The molecule has 0 saturated heterocycles. The van der Waals surface area contributed by atoms with E-state index in [1.807, 2.05) is 61.9 Å². The lowest BCUT2D eigenvalue weighted by molar-refractivity contribution is -0.152. The lowest BCUT2D eigenvalue weighted by atomic mass is 9.90. The molecule has 0 unspecified atom stereocenters. The third-order valence-electron chi connectivity index (χ3n) is 5.41. The Kier molecular flexibility index (Phi) is 6.02. The average molecular weight is 448 g/mol. The van der Waals surface area contributed by atoms with E-state index in [2.05, 4.69) is 24.0 Å². The Hall–Kier alpha value is -3.18. The van der Waals surface area contributed by atoms with Gasteiger partial charge in [0.05, 0.1) is 17.5 Å². The van der Waals surface area contributed by atoms with Crippen molar-refractivity contribution in [3.05, 3.63) is 77.3 Å². The van der Waals surface area contributed by atoms with Gasteiger partial charge in [-0.05, 0) is 80.3 Å². The highest BCUT2D eigenvalue weighted by Gasteiger charge is 2.23. The van der Waals surface area contributed by atoms with E-state index in [1.165, 1.54) is 0 Å². The maximum absolute atomic E-state index is 12.2. The number of rotatable bonds is 5. The molecular formula is C26H26ClN3O2. The van der Waals surface area contributed by atoms with Gasteiger partial charge in [-0.1, -0.05) is 23.7 Å². The van der Waals surface area contributed by atoms with Crippen molar-refractivity contribution in [1.82, 2.24) is 14.5 Å². The van der Waals surface area contributed by atoms with Crippen molar-refractivity contribution in [3.63, 3.8) is 0 Å². The van der Waals surface area contributed by atoms with Crippen LogP contribution in [0.4, 0.5) is 0 Å². The van der Waals surface area contributed by atoms with Crippen LogP contribution in [0.3, 0.4) is 0 Å². The SMILES string of the molecule is Cc1cc2nc(-n3ccnc3)ccc2c(-c2ccc(Cl)cc2)c1CCOC(=O)C(C)(C)C. The minimum absolute atomic E-state index is 0.198. The summed E-state index contributed by atoms with van der Waals surface area (Å²) in [5.74, 6) is 0.610. The molecule has 0 saturated carbocycles. The zero-order valence-electron chi connectivity index (χ0n) is 18.7. The minimum Gasteiger partial charge on any atom is -0.465 e. The lowest BCUT2D eigenvalue weighted by Gasteiger charge is -2.19. The second-order valence-electron chi connectivity index (χ2n) is 8.90. The molecule has 4 aromatic rings. The van der Waals surface area contributed by atoms with Gasteiger partial charge in [-0.25, -0.2) is 9.97 Å².